The Kier molecular flexibility index (Phi) is 3.45. The van der Waals surface area contributed by atoms with Gasteiger partial charge in [0.1, 0.15) is 0 Å². The van der Waals surface area contributed by atoms with Crippen LogP contribution < -0.4 is 5.73 Å². The Hall–Kier alpha value is -0.660. The molecule has 0 amide bonds. The summed E-state index contributed by atoms with van der Waals surface area (Å²) in [6.45, 7) is 0. The molecular formula is C9H9Cl2N. The number of alkyl halides is 1. The number of benzene rings is 1. The third-order valence-corrected chi connectivity index (χ3v) is 1.93. The minimum atomic E-state index is 0.502. The standard InChI is InChI=1S/C9H9Cl2N/c10-5-1-2-7-3-4-9(12)8(11)6-7/h1-4,6H,5,12H2. The van der Waals surface area contributed by atoms with Crippen molar-refractivity contribution in [2.24, 2.45) is 0 Å². The Bertz CT molecular complexity index is 295. The summed E-state index contributed by atoms with van der Waals surface area (Å²) in [5.41, 5.74) is 7.14. The lowest BCUT2D eigenvalue weighted by Crippen LogP contribution is -1.85. The lowest BCUT2D eigenvalue weighted by Gasteiger charge is -1.98. The van der Waals surface area contributed by atoms with Gasteiger partial charge in [0.2, 0.25) is 0 Å². The molecule has 12 heavy (non-hydrogen) atoms. The molecule has 0 fully saturated rings. The van der Waals surface area contributed by atoms with Gasteiger partial charge in [-0.15, -0.1) is 11.6 Å². The van der Waals surface area contributed by atoms with E-state index in [0.29, 0.717) is 16.6 Å². The molecule has 0 radical (unpaired) electrons. The number of allylic oxidation sites excluding steroid dienone is 1. The van der Waals surface area contributed by atoms with Crippen molar-refractivity contribution in [1.82, 2.24) is 0 Å². The molecule has 1 aromatic carbocycles. The maximum atomic E-state index is 5.80. The lowest BCUT2D eigenvalue weighted by atomic mass is 10.2. The van der Waals surface area contributed by atoms with E-state index in [1.54, 1.807) is 12.1 Å². The van der Waals surface area contributed by atoms with Crippen LogP contribution in [0.5, 0.6) is 0 Å². The molecule has 2 N–H and O–H groups in total. The fourth-order valence-electron chi connectivity index (χ4n) is 0.828. The van der Waals surface area contributed by atoms with E-state index in [1.807, 2.05) is 18.2 Å². The summed E-state index contributed by atoms with van der Waals surface area (Å²) in [5, 5.41) is 0.576. The fraction of sp³-hybridized carbons (Fsp3) is 0.111. The molecular weight excluding hydrogens is 193 g/mol. The van der Waals surface area contributed by atoms with E-state index in [2.05, 4.69) is 0 Å². The minimum Gasteiger partial charge on any atom is -0.398 e. The van der Waals surface area contributed by atoms with E-state index in [-0.39, 0.29) is 0 Å². The summed E-state index contributed by atoms with van der Waals surface area (Å²) in [4.78, 5) is 0. The largest absolute Gasteiger partial charge is 0.398 e. The number of rotatable bonds is 2. The predicted molar refractivity (Wildman–Crippen MR) is 55.6 cm³/mol. The van der Waals surface area contributed by atoms with E-state index in [1.165, 1.54) is 0 Å². The monoisotopic (exact) mass is 201 g/mol. The number of hydrogen-bond acceptors (Lipinski definition) is 1. The number of halogens is 2. The second kappa shape index (κ2) is 4.39. The first-order chi connectivity index (χ1) is 5.74. The van der Waals surface area contributed by atoms with Gasteiger partial charge in [0, 0.05) is 5.88 Å². The molecule has 1 nitrogen and oxygen atoms in total. The molecule has 0 aromatic heterocycles. The van der Waals surface area contributed by atoms with Crippen LogP contribution in [-0.4, -0.2) is 5.88 Å². The molecule has 64 valence electrons. The maximum absolute atomic E-state index is 5.80. The number of anilines is 1. The van der Waals surface area contributed by atoms with Gasteiger partial charge in [-0.1, -0.05) is 29.8 Å². The highest BCUT2D eigenvalue weighted by molar-refractivity contribution is 6.33. The summed E-state index contributed by atoms with van der Waals surface area (Å²) in [5.74, 6) is 0.502. The first-order valence-corrected chi connectivity index (χ1v) is 4.43. The first kappa shape index (κ1) is 9.43. The summed E-state index contributed by atoms with van der Waals surface area (Å²) in [6.07, 6.45) is 3.75. The van der Waals surface area contributed by atoms with Gasteiger partial charge >= 0.3 is 0 Å². The van der Waals surface area contributed by atoms with E-state index in [9.17, 15) is 0 Å². The minimum absolute atomic E-state index is 0.502. The Labute approximate surface area is 81.8 Å². The van der Waals surface area contributed by atoms with Crippen LogP contribution in [0.15, 0.2) is 24.3 Å². The van der Waals surface area contributed by atoms with Crippen molar-refractivity contribution < 1.29 is 0 Å². The summed E-state index contributed by atoms with van der Waals surface area (Å²) >= 11 is 11.3. The van der Waals surface area contributed by atoms with Gasteiger partial charge in [0.25, 0.3) is 0 Å². The fourth-order valence-corrected chi connectivity index (χ4v) is 1.11. The molecule has 0 unspecified atom stereocenters. The molecule has 0 bridgehead atoms. The third-order valence-electron chi connectivity index (χ3n) is 1.42. The summed E-state index contributed by atoms with van der Waals surface area (Å²) in [6, 6.07) is 5.47. The van der Waals surface area contributed by atoms with Crippen molar-refractivity contribution in [3.8, 4) is 0 Å². The molecule has 0 aliphatic carbocycles. The van der Waals surface area contributed by atoms with Crippen LogP contribution in [0.25, 0.3) is 6.08 Å². The van der Waals surface area contributed by atoms with Gasteiger partial charge in [-0.25, -0.2) is 0 Å². The molecule has 0 heterocycles. The normalized spacial score (nSPS) is 10.8. The molecule has 0 aliphatic heterocycles. The highest BCUT2D eigenvalue weighted by Crippen LogP contribution is 2.20. The van der Waals surface area contributed by atoms with Crippen molar-refractivity contribution in [1.29, 1.82) is 0 Å². The molecule has 0 atom stereocenters. The van der Waals surface area contributed by atoms with Crippen molar-refractivity contribution in [2.45, 2.75) is 0 Å². The highest BCUT2D eigenvalue weighted by Gasteiger charge is 1.94. The zero-order chi connectivity index (χ0) is 8.97. The smallest absolute Gasteiger partial charge is 0.0641 e. The van der Waals surface area contributed by atoms with Crippen LogP contribution in [0.1, 0.15) is 5.56 Å². The van der Waals surface area contributed by atoms with Crippen LogP contribution >= 0.6 is 23.2 Å². The van der Waals surface area contributed by atoms with Crippen LogP contribution in [0.2, 0.25) is 5.02 Å². The van der Waals surface area contributed by atoms with Gasteiger partial charge in [-0.3, -0.25) is 0 Å². The van der Waals surface area contributed by atoms with Crippen LogP contribution in [0, 0.1) is 0 Å². The molecule has 0 spiro atoms. The van der Waals surface area contributed by atoms with Crippen LogP contribution in [-0.2, 0) is 0 Å². The van der Waals surface area contributed by atoms with Crippen molar-refractivity contribution >= 4 is 35.0 Å². The van der Waals surface area contributed by atoms with Gasteiger partial charge < -0.3 is 5.73 Å². The third kappa shape index (κ3) is 2.43. The molecule has 1 rings (SSSR count). The number of hydrogen-bond donors (Lipinski definition) is 1. The zero-order valence-electron chi connectivity index (χ0n) is 6.43. The average molecular weight is 202 g/mol. The van der Waals surface area contributed by atoms with Crippen molar-refractivity contribution in [2.75, 3.05) is 11.6 Å². The first-order valence-electron chi connectivity index (χ1n) is 3.51. The van der Waals surface area contributed by atoms with Crippen molar-refractivity contribution in [3.63, 3.8) is 0 Å². The van der Waals surface area contributed by atoms with Crippen LogP contribution in [0.4, 0.5) is 5.69 Å². The molecule has 3 heteroatoms. The van der Waals surface area contributed by atoms with Gasteiger partial charge in [-0.2, -0.15) is 0 Å². The Morgan fingerprint density at radius 1 is 1.42 bits per heavy atom. The van der Waals surface area contributed by atoms with Gasteiger partial charge in [0.05, 0.1) is 10.7 Å². The van der Waals surface area contributed by atoms with E-state index < -0.39 is 0 Å². The molecule has 0 saturated carbocycles. The Morgan fingerprint density at radius 2 is 2.17 bits per heavy atom. The highest BCUT2D eigenvalue weighted by atomic mass is 35.5. The van der Waals surface area contributed by atoms with E-state index >= 15 is 0 Å². The summed E-state index contributed by atoms with van der Waals surface area (Å²) < 4.78 is 0. The molecule has 1 aromatic rings. The Morgan fingerprint density at radius 3 is 2.75 bits per heavy atom. The quantitative estimate of drug-likeness (QED) is 0.578. The van der Waals surface area contributed by atoms with E-state index in [4.69, 9.17) is 28.9 Å². The lowest BCUT2D eigenvalue weighted by molar-refractivity contribution is 1.63. The summed E-state index contributed by atoms with van der Waals surface area (Å²) in [7, 11) is 0. The van der Waals surface area contributed by atoms with Crippen molar-refractivity contribution in [3.05, 3.63) is 34.9 Å². The second-order valence-electron chi connectivity index (χ2n) is 2.34. The predicted octanol–water partition coefficient (Wildman–Crippen LogP) is 3.17. The van der Waals surface area contributed by atoms with E-state index in [0.717, 1.165) is 5.56 Å². The zero-order valence-corrected chi connectivity index (χ0v) is 7.94. The van der Waals surface area contributed by atoms with Gasteiger partial charge in [-0.05, 0) is 17.7 Å². The number of nitrogen functional groups attached to an aromatic ring is 1. The topological polar surface area (TPSA) is 26.0 Å². The average Bonchev–Trinajstić information content (AvgIpc) is 2.07. The maximum Gasteiger partial charge on any atom is 0.0641 e. The second-order valence-corrected chi connectivity index (χ2v) is 3.05. The Balaban J connectivity index is 2.89. The molecule has 0 aliphatic rings. The van der Waals surface area contributed by atoms with Gasteiger partial charge in [0.15, 0.2) is 0 Å². The SMILES string of the molecule is Nc1ccc(C=CCCl)cc1Cl. The number of nitrogens with two attached hydrogens (primary N) is 1. The van der Waals surface area contributed by atoms with Crippen LogP contribution in [0.3, 0.4) is 0 Å². The molecule has 0 saturated heterocycles.